The van der Waals surface area contributed by atoms with Gasteiger partial charge in [0.05, 0.1) is 28.2 Å². The van der Waals surface area contributed by atoms with Crippen LogP contribution in [0.5, 0.6) is 0 Å². The minimum Gasteiger partial charge on any atom is -0.354 e. The quantitative estimate of drug-likeness (QED) is 0.488. The van der Waals surface area contributed by atoms with Crippen molar-refractivity contribution in [2.75, 3.05) is 12.8 Å². The third-order valence-corrected chi connectivity index (χ3v) is 5.22. The number of hydrogen-bond donors (Lipinski definition) is 1. The molecular weight excluding hydrogens is 382 g/mol. The molecule has 0 atom stereocenters. The highest BCUT2D eigenvalue weighted by molar-refractivity contribution is 7.97. The summed E-state index contributed by atoms with van der Waals surface area (Å²) in [6.45, 7) is 0.823. The van der Waals surface area contributed by atoms with E-state index in [1.165, 1.54) is 0 Å². The molecule has 1 N–H and O–H groups in total. The summed E-state index contributed by atoms with van der Waals surface area (Å²) in [5, 5.41) is 7.59. The van der Waals surface area contributed by atoms with E-state index in [4.69, 9.17) is 0 Å². The van der Waals surface area contributed by atoms with Crippen molar-refractivity contribution in [3.8, 4) is 5.69 Å². The lowest BCUT2D eigenvalue weighted by Crippen LogP contribution is -2.30. The molecule has 0 radical (unpaired) electrons. The molecule has 2 aromatic carbocycles. The first-order valence-corrected chi connectivity index (χ1v) is 10.9. The van der Waals surface area contributed by atoms with Gasteiger partial charge in [0, 0.05) is 19.2 Å². The maximum absolute atomic E-state index is 12.5. The number of nitrogens with one attached hydrogen (secondary N) is 1. The van der Waals surface area contributed by atoms with Crippen LogP contribution in [0.15, 0.2) is 66.9 Å². The predicted octanol–water partition coefficient (Wildman–Crippen LogP) is 3.44. The number of imidazole rings is 1. The third kappa shape index (κ3) is 4.51. The zero-order valence-electron chi connectivity index (χ0n) is 16.3. The van der Waals surface area contributed by atoms with Gasteiger partial charge in [-0.25, -0.2) is 9.67 Å². The lowest BCUT2D eigenvalue weighted by atomic mass is 10.3. The number of amides is 1. The molecule has 0 aliphatic carbocycles. The normalized spacial score (nSPS) is 11.1. The molecule has 0 unspecified atom stereocenters. The zero-order valence-corrected chi connectivity index (χ0v) is 17.1. The molecule has 148 valence electrons. The summed E-state index contributed by atoms with van der Waals surface area (Å²) < 4.78 is 3.86. The first kappa shape index (κ1) is 19.3. The fourth-order valence-electron chi connectivity index (χ4n) is 3.29. The molecule has 4 aromatic rings. The van der Waals surface area contributed by atoms with Gasteiger partial charge in [0.15, 0.2) is 0 Å². The molecule has 0 aliphatic heterocycles. The van der Waals surface area contributed by atoms with Crippen LogP contribution < -0.4 is 5.32 Å². The summed E-state index contributed by atoms with van der Waals surface area (Å²) in [5.41, 5.74) is 3.89. The fraction of sp³-hybridized carbons (Fsp3) is 0.227. The van der Waals surface area contributed by atoms with Crippen LogP contribution >= 0.6 is 11.8 Å². The van der Waals surface area contributed by atoms with Gasteiger partial charge in [-0.2, -0.15) is 16.9 Å². The maximum atomic E-state index is 12.5. The van der Waals surface area contributed by atoms with E-state index in [1.54, 1.807) is 11.8 Å². The van der Waals surface area contributed by atoms with E-state index in [9.17, 15) is 4.79 Å². The van der Waals surface area contributed by atoms with Gasteiger partial charge < -0.3 is 9.88 Å². The number of carbonyl (C=O) groups is 1. The first-order valence-electron chi connectivity index (χ1n) is 9.54. The Morgan fingerprint density at radius 1 is 1.07 bits per heavy atom. The smallest absolute Gasteiger partial charge is 0.240 e. The molecule has 7 heteroatoms. The first-order chi connectivity index (χ1) is 14.2. The summed E-state index contributed by atoms with van der Waals surface area (Å²) in [4.78, 5) is 17.2. The van der Waals surface area contributed by atoms with Crippen molar-refractivity contribution < 1.29 is 4.79 Å². The van der Waals surface area contributed by atoms with Crippen molar-refractivity contribution in [3.05, 3.63) is 78.4 Å². The van der Waals surface area contributed by atoms with Crippen molar-refractivity contribution in [2.24, 2.45) is 0 Å². The van der Waals surface area contributed by atoms with Gasteiger partial charge in [-0.15, -0.1) is 0 Å². The molecule has 0 bridgehead atoms. The van der Waals surface area contributed by atoms with Crippen LogP contribution in [0.1, 0.15) is 11.5 Å². The second-order valence-corrected chi connectivity index (χ2v) is 7.59. The van der Waals surface area contributed by atoms with Crippen molar-refractivity contribution in [2.45, 2.75) is 18.7 Å². The Balaban J connectivity index is 1.36. The summed E-state index contributed by atoms with van der Waals surface area (Å²) >= 11 is 1.70. The van der Waals surface area contributed by atoms with Gasteiger partial charge in [0.25, 0.3) is 0 Å². The zero-order chi connectivity index (χ0) is 20.1. The Labute approximate surface area is 173 Å². The Morgan fingerprint density at radius 2 is 1.86 bits per heavy atom. The van der Waals surface area contributed by atoms with Crippen LogP contribution in [0.3, 0.4) is 0 Å². The van der Waals surface area contributed by atoms with E-state index in [1.807, 2.05) is 82.4 Å². The van der Waals surface area contributed by atoms with E-state index in [2.05, 4.69) is 15.4 Å². The standard InChI is InChI=1S/C22H23N5OS/c1-29-16-21-24-19-9-5-6-10-20(19)26(21)15-22(28)23-13-11-17-12-14-27(25-17)18-7-3-2-4-8-18/h2-10,12,14H,11,13,15-16H2,1H3,(H,23,28). The van der Waals surface area contributed by atoms with E-state index in [-0.39, 0.29) is 12.5 Å². The molecule has 0 fully saturated rings. The number of aromatic nitrogens is 4. The van der Waals surface area contributed by atoms with Gasteiger partial charge in [-0.3, -0.25) is 4.79 Å². The highest BCUT2D eigenvalue weighted by Gasteiger charge is 2.13. The highest BCUT2D eigenvalue weighted by atomic mass is 32.2. The molecule has 0 aliphatic rings. The summed E-state index contributed by atoms with van der Waals surface area (Å²) in [7, 11) is 0. The van der Waals surface area contributed by atoms with Crippen LogP contribution in [-0.4, -0.2) is 38.0 Å². The Kier molecular flexibility index (Phi) is 5.95. The molecular formula is C22H23N5OS. The Morgan fingerprint density at radius 3 is 2.69 bits per heavy atom. The average Bonchev–Trinajstić information content (AvgIpc) is 3.34. The van der Waals surface area contributed by atoms with E-state index < -0.39 is 0 Å². The van der Waals surface area contributed by atoms with E-state index in [0.717, 1.165) is 34.0 Å². The maximum Gasteiger partial charge on any atom is 0.240 e. The SMILES string of the molecule is CSCc1nc2ccccc2n1CC(=O)NCCc1ccn(-c2ccccc2)n1. The van der Waals surface area contributed by atoms with Crippen LogP contribution in [0.25, 0.3) is 16.7 Å². The van der Waals surface area contributed by atoms with Gasteiger partial charge in [-0.1, -0.05) is 30.3 Å². The minimum absolute atomic E-state index is 0.0157. The molecule has 0 spiro atoms. The molecule has 2 heterocycles. The van der Waals surface area contributed by atoms with Crippen LogP contribution in [-0.2, 0) is 23.5 Å². The van der Waals surface area contributed by atoms with Crippen molar-refractivity contribution >= 4 is 28.7 Å². The second-order valence-electron chi connectivity index (χ2n) is 6.72. The molecule has 29 heavy (non-hydrogen) atoms. The number of rotatable bonds is 8. The van der Waals surface area contributed by atoms with Crippen molar-refractivity contribution in [3.63, 3.8) is 0 Å². The number of hydrogen-bond acceptors (Lipinski definition) is 4. The van der Waals surface area contributed by atoms with E-state index >= 15 is 0 Å². The Bertz CT molecular complexity index is 1100. The minimum atomic E-state index is -0.0157. The number of para-hydroxylation sites is 3. The van der Waals surface area contributed by atoms with Gasteiger partial charge in [0.1, 0.15) is 12.4 Å². The molecule has 4 rings (SSSR count). The van der Waals surface area contributed by atoms with Crippen LogP contribution in [0.2, 0.25) is 0 Å². The summed E-state index contributed by atoms with van der Waals surface area (Å²) in [6.07, 6.45) is 4.67. The van der Waals surface area contributed by atoms with Crippen molar-refractivity contribution in [1.29, 1.82) is 0 Å². The summed E-state index contributed by atoms with van der Waals surface area (Å²) in [6, 6.07) is 19.9. The highest BCUT2D eigenvalue weighted by Crippen LogP contribution is 2.18. The van der Waals surface area contributed by atoms with Crippen LogP contribution in [0, 0.1) is 0 Å². The molecule has 1 amide bonds. The number of carbonyl (C=O) groups excluding carboxylic acids is 1. The van der Waals surface area contributed by atoms with E-state index in [0.29, 0.717) is 13.0 Å². The van der Waals surface area contributed by atoms with Gasteiger partial charge in [-0.05, 0) is 36.6 Å². The molecule has 0 saturated heterocycles. The van der Waals surface area contributed by atoms with Crippen LogP contribution in [0.4, 0.5) is 0 Å². The average molecular weight is 406 g/mol. The summed E-state index contributed by atoms with van der Waals surface area (Å²) in [5.74, 6) is 1.69. The number of nitrogens with zero attached hydrogens (tertiary/aromatic N) is 4. The second kappa shape index (κ2) is 8.96. The molecule has 0 saturated carbocycles. The molecule has 2 aromatic heterocycles. The fourth-order valence-corrected chi connectivity index (χ4v) is 3.77. The number of thioether (sulfide) groups is 1. The topological polar surface area (TPSA) is 64.7 Å². The third-order valence-electron chi connectivity index (χ3n) is 4.68. The predicted molar refractivity (Wildman–Crippen MR) is 117 cm³/mol. The largest absolute Gasteiger partial charge is 0.354 e. The lowest BCUT2D eigenvalue weighted by molar-refractivity contribution is -0.121. The number of fused-ring (bicyclic) bond motifs is 1. The molecule has 6 nitrogen and oxygen atoms in total. The van der Waals surface area contributed by atoms with Gasteiger partial charge >= 0.3 is 0 Å². The monoisotopic (exact) mass is 405 g/mol. The van der Waals surface area contributed by atoms with Crippen molar-refractivity contribution in [1.82, 2.24) is 24.6 Å². The number of benzene rings is 2. The lowest BCUT2D eigenvalue weighted by Gasteiger charge is -2.09. The Hall–Kier alpha value is -3.06. The van der Waals surface area contributed by atoms with Gasteiger partial charge in [0.2, 0.25) is 5.91 Å².